The minimum absolute atomic E-state index is 1.23. The molecule has 0 fully saturated rings. The second-order valence-corrected chi connectivity index (χ2v) is 3.36. The standard InChI is InChI=1S/C9H18Br/c1-2-3-4-5-6-7-8-9-10/h9H,2-8H2,1H3. The van der Waals surface area contributed by atoms with Gasteiger partial charge in [0.25, 0.3) is 0 Å². The van der Waals surface area contributed by atoms with E-state index < -0.39 is 0 Å². The molecule has 0 aromatic rings. The molecular formula is C9H18Br. The maximum absolute atomic E-state index is 3.31. The van der Waals surface area contributed by atoms with E-state index in [0.717, 1.165) is 0 Å². The average molecular weight is 206 g/mol. The molecule has 0 spiro atoms. The van der Waals surface area contributed by atoms with Crippen molar-refractivity contribution in [3.8, 4) is 0 Å². The van der Waals surface area contributed by atoms with E-state index in [0.29, 0.717) is 0 Å². The van der Waals surface area contributed by atoms with Gasteiger partial charge < -0.3 is 0 Å². The highest BCUT2D eigenvalue weighted by Gasteiger charge is 1.88. The van der Waals surface area contributed by atoms with Crippen LogP contribution in [0.25, 0.3) is 0 Å². The highest BCUT2D eigenvalue weighted by molar-refractivity contribution is 9.10. The van der Waals surface area contributed by atoms with E-state index in [2.05, 4.69) is 28.2 Å². The summed E-state index contributed by atoms with van der Waals surface area (Å²) in [5.41, 5.74) is 0. The molecule has 0 atom stereocenters. The van der Waals surface area contributed by atoms with Crippen LogP contribution >= 0.6 is 15.9 Å². The first kappa shape index (κ1) is 10.5. The Morgan fingerprint density at radius 2 is 1.60 bits per heavy atom. The Labute approximate surface area is 73.5 Å². The third-order valence-electron chi connectivity index (χ3n) is 1.67. The van der Waals surface area contributed by atoms with Crippen molar-refractivity contribution >= 4 is 15.9 Å². The molecule has 0 amide bonds. The van der Waals surface area contributed by atoms with Crippen LogP contribution in [0, 0.1) is 5.33 Å². The predicted octanol–water partition coefficient (Wildman–Crippen LogP) is 4.29. The fourth-order valence-corrected chi connectivity index (χ4v) is 1.33. The summed E-state index contributed by atoms with van der Waals surface area (Å²) in [6.45, 7) is 2.26. The monoisotopic (exact) mass is 205 g/mol. The Morgan fingerprint density at radius 3 is 2.20 bits per heavy atom. The van der Waals surface area contributed by atoms with Gasteiger partial charge in [0.1, 0.15) is 0 Å². The maximum Gasteiger partial charge on any atom is 0.0271 e. The Morgan fingerprint density at radius 1 is 1.00 bits per heavy atom. The van der Waals surface area contributed by atoms with Gasteiger partial charge in [-0.1, -0.05) is 61.4 Å². The normalized spacial score (nSPS) is 10.2. The molecule has 0 N–H and O–H groups in total. The summed E-state index contributed by atoms with van der Waals surface area (Å²) in [4.78, 5) is 0. The number of hydrogen-bond donors (Lipinski definition) is 0. The van der Waals surface area contributed by atoms with Crippen LogP contribution < -0.4 is 0 Å². The number of hydrogen-bond acceptors (Lipinski definition) is 0. The lowest BCUT2D eigenvalue weighted by molar-refractivity contribution is 0.610. The molecule has 0 saturated heterocycles. The average Bonchev–Trinajstić information content (AvgIpc) is 1.97. The van der Waals surface area contributed by atoms with Crippen molar-refractivity contribution < 1.29 is 0 Å². The highest BCUT2D eigenvalue weighted by Crippen LogP contribution is 2.09. The summed E-state index contributed by atoms with van der Waals surface area (Å²) in [5, 5.41) is 2.08. The zero-order valence-electron chi connectivity index (χ0n) is 6.91. The molecule has 1 heteroatoms. The molecule has 0 unspecified atom stereocenters. The SMILES string of the molecule is CCCCCCCC[CH]Br. The van der Waals surface area contributed by atoms with E-state index in [1.165, 1.54) is 44.9 Å². The molecule has 0 aliphatic carbocycles. The van der Waals surface area contributed by atoms with E-state index in [1.54, 1.807) is 0 Å². The zero-order chi connectivity index (χ0) is 7.66. The van der Waals surface area contributed by atoms with Gasteiger partial charge in [0, 0.05) is 5.33 Å². The molecule has 0 heterocycles. The first-order valence-corrected chi connectivity index (χ1v) is 5.25. The van der Waals surface area contributed by atoms with Gasteiger partial charge in [0.2, 0.25) is 0 Å². The van der Waals surface area contributed by atoms with Crippen molar-refractivity contribution in [2.24, 2.45) is 0 Å². The second-order valence-electron chi connectivity index (χ2n) is 2.71. The van der Waals surface area contributed by atoms with Crippen molar-refractivity contribution in [2.75, 3.05) is 0 Å². The van der Waals surface area contributed by atoms with Gasteiger partial charge in [-0.2, -0.15) is 0 Å². The van der Waals surface area contributed by atoms with Gasteiger partial charge in [-0.3, -0.25) is 0 Å². The van der Waals surface area contributed by atoms with Gasteiger partial charge >= 0.3 is 0 Å². The Bertz CT molecular complexity index is 44.7. The van der Waals surface area contributed by atoms with E-state index in [9.17, 15) is 0 Å². The predicted molar refractivity (Wildman–Crippen MR) is 51.2 cm³/mol. The molecule has 61 valence electrons. The van der Waals surface area contributed by atoms with E-state index >= 15 is 0 Å². The van der Waals surface area contributed by atoms with Crippen LogP contribution in [0.1, 0.15) is 51.9 Å². The van der Waals surface area contributed by atoms with E-state index in [1.807, 2.05) is 0 Å². The molecule has 0 bridgehead atoms. The lowest BCUT2D eigenvalue weighted by Crippen LogP contribution is -1.77. The van der Waals surface area contributed by atoms with Crippen LogP contribution in [0.3, 0.4) is 0 Å². The lowest BCUT2D eigenvalue weighted by Gasteiger charge is -1.97. The first-order chi connectivity index (χ1) is 4.91. The van der Waals surface area contributed by atoms with Crippen LogP contribution in [0.5, 0.6) is 0 Å². The molecule has 0 aliphatic heterocycles. The van der Waals surface area contributed by atoms with E-state index in [4.69, 9.17) is 0 Å². The Hall–Kier alpha value is 0.480. The number of unbranched alkanes of at least 4 members (excludes halogenated alkanes) is 6. The minimum Gasteiger partial charge on any atom is -0.0879 e. The van der Waals surface area contributed by atoms with Crippen LogP contribution in [0.15, 0.2) is 0 Å². The summed E-state index contributed by atoms with van der Waals surface area (Å²) in [6, 6.07) is 0. The van der Waals surface area contributed by atoms with Crippen molar-refractivity contribution in [1.29, 1.82) is 0 Å². The van der Waals surface area contributed by atoms with E-state index in [-0.39, 0.29) is 0 Å². The van der Waals surface area contributed by atoms with Crippen molar-refractivity contribution in [1.82, 2.24) is 0 Å². The van der Waals surface area contributed by atoms with Gasteiger partial charge in [-0.25, -0.2) is 0 Å². The summed E-state index contributed by atoms with van der Waals surface area (Å²) in [5.74, 6) is 0. The molecule has 0 rings (SSSR count). The maximum atomic E-state index is 3.31. The largest absolute Gasteiger partial charge is 0.0879 e. The Balaban J connectivity index is 2.65. The Kier molecular flexibility index (Phi) is 9.94. The van der Waals surface area contributed by atoms with Crippen molar-refractivity contribution in [2.45, 2.75) is 51.9 Å². The molecule has 10 heavy (non-hydrogen) atoms. The fraction of sp³-hybridized carbons (Fsp3) is 0.889. The molecule has 0 nitrogen and oxygen atoms in total. The van der Waals surface area contributed by atoms with Gasteiger partial charge in [0.15, 0.2) is 0 Å². The number of halogens is 1. The molecule has 0 aromatic carbocycles. The van der Waals surface area contributed by atoms with Gasteiger partial charge in [-0.15, -0.1) is 0 Å². The smallest absolute Gasteiger partial charge is 0.0271 e. The lowest BCUT2D eigenvalue weighted by atomic mass is 10.1. The van der Waals surface area contributed by atoms with Crippen LogP contribution in [-0.2, 0) is 0 Å². The van der Waals surface area contributed by atoms with Crippen molar-refractivity contribution in [3.63, 3.8) is 0 Å². The minimum atomic E-state index is 1.23. The topological polar surface area (TPSA) is 0 Å². The number of rotatable bonds is 7. The quantitative estimate of drug-likeness (QED) is 0.545. The second kappa shape index (κ2) is 9.48. The third kappa shape index (κ3) is 8.48. The molecule has 0 aromatic heterocycles. The molecule has 1 radical (unpaired) electrons. The molecule has 0 saturated carbocycles. The molecule has 0 aliphatic rings. The third-order valence-corrected chi connectivity index (χ3v) is 2.12. The summed E-state index contributed by atoms with van der Waals surface area (Å²) >= 11 is 3.31. The van der Waals surface area contributed by atoms with Crippen molar-refractivity contribution in [3.05, 3.63) is 5.33 Å². The fourth-order valence-electron chi connectivity index (χ4n) is 1.00. The highest BCUT2D eigenvalue weighted by atomic mass is 79.9. The van der Waals surface area contributed by atoms with Crippen LogP contribution in [0.2, 0.25) is 0 Å². The zero-order valence-corrected chi connectivity index (χ0v) is 8.49. The van der Waals surface area contributed by atoms with Crippen LogP contribution in [-0.4, -0.2) is 0 Å². The summed E-state index contributed by atoms with van der Waals surface area (Å²) in [6.07, 6.45) is 9.61. The van der Waals surface area contributed by atoms with Crippen LogP contribution in [0.4, 0.5) is 0 Å². The first-order valence-electron chi connectivity index (χ1n) is 4.33. The van der Waals surface area contributed by atoms with Gasteiger partial charge in [0.05, 0.1) is 0 Å². The molecular weight excluding hydrogens is 188 g/mol. The summed E-state index contributed by atoms with van der Waals surface area (Å²) in [7, 11) is 0. The van der Waals surface area contributed by atoms with Gasteiger partial charge in [-0.05, 0) is 6.42 Å². The summed E-state index contributed by atoms with van der Waals surface area (Å²) < 4.78 is 0.